The summed E-state index contributed by atoms with van der Waals surface area (Å²) in [6.45, 7) is 9.41. The molecule has 0 amide bonds. The van der Waals surface area contributed by atoms with Gasteiger partial charge in [-0.1, -0.05) is 178 Å². The molecule has 10 aromatic rings. The monoisotopic (exact) mass is 912 g/mol. The molecule has 2 nitrogen and oxygen atoms in total. The van der Waals surface area contributed by atoms with Crippen molar-refractivity contribution in [3.05, 3.63) is 226 Å². The Kier molecular flexibility index (Phi) is 9.49. The van der Waals surface area contributed by atoms with E-state index in [1.54, 1.807) is 0 Å². The third-order valence-electron chi connectivity index (χ3n) is 16.5. The molecule has 0 saturated carbocycles. The van der Waals surface area contributed by atoms with Crippen molar-refractivity contribution in [3.63, 3.8) is 0 Å². The van der Waals surface area contributed by atoms with E-state index in [4.69, 9.17) is 0 Å². The maximum absolute atomic E-state index is 2.55. The lowest BCUT2D eigenvalue weighted by atomic mass is 9.80. The zero-order valence-corrected chi connectivity index (χ0v) is 41.1. The number of fused-ring (bicyclic) bond motifs is 10. The van der Waals surface area contributed by atoms with E-state index in [0.29, 0.717) is 5.92 Å². The number of anilines is 2. The van der Waals surface area contributed by atoms with Crippen LogP contribution in [0.4, 0.5) is 11.4 Å². The highest BCUT2D eigenvalue weighted by Gasteiger charge is 2.36. The molecule has 0 saturated heterocycles. The Bertz CT molecular complexity index is 4070. The van der Waals surface area contributed by atoms with E-state index in [-0.39, 0.29) is 5.41 Å². The lowest BCUT2D eigenvalue weighted by Crippen LogP contribution is -2.31. The first-order valence-electron chi connectivity index (χ1n) is 25.9. The van der Waals surface area contributed by atoms with Crippen LogP contribution in [0.1, 0.15) is 86.7 Å². The SMILES string of the molecule is Cc1ccc2c(-c3c4ccccc4c(N(C4=CCCC=C4)c4ccc(-n5c6c(c7ccccc75)C(C)CC=C6)cc4)c4ccccc34)c3c(c(-c4ccc5c(c4)C(C)(C)c4ccccc4-5)c2c1)=CCCC=3. The second-order valence-corrected chi connectivity index (χ2v) is 21.0. The molecule has 0 bridgehead atoms. The minimum absolute atomic E-state index is 0.0875. The fraction of sp³-hybridized carbons (Fsp3) is 0.159. The lowest BCUT2D eigenvalue weighted by molar-refractivity contribution is 0.660. The number of para-hydroxylation sites is 1. The third kappa shape index (κ3) is 6.26. The summed E-state index contributed by atoms with van der Waals surface area (Å²) < 4.78 is 2.47. The summed E-state index contributed by atoms with van der Waals surface area (Å²) in [6, 6.07) is 60.3. The Morgan fingerprint density at radius 2 is 1.17 bits per heavy atom. The van der Waals surface area contributed by atoms with Gasteiger partial charge in [-0.3, -0.25) is 0 Å². The van der Waals surface area contributed by atoms with Crippen LogP contribution in [0.5, 0.6) is 0 Å². The van der Waals surface area contributed by atoms with E-state index in [0.717, 1.165) is 37.8 Å². The number of aryl methyl sites for hydroxylation is 1. The molecule has 71 heavy (non-hydrogen) atoms. The first-order valence-corrected chi connectivity index (χ1v) is 25.9. The van der Waals surface area contributed by atoms with Crippen LogP contribution < -0.4 is 15.3 Å². The molecule has 14 rings (SSSR count). The zero-order chi connectivity index (χ0) is 47.5. The van der Waals surface area contributed by atoms with Crippen LogP contribution >= 0.6 is 0 Å². The zero-order valence-electron chi connectivity index (χ0n) is 41.1. The van der Waals surface area contributed by atoms with Crippen molar-refractivity contribution in [2.24, 2.45) is 0 Å². The first kappa shape index (κ1) is 42.0. The quantitative estimate of drug-likeness (QED) is 0.151. The highest BCUT2D eigenvalue weighted by Crippen LogP contribution is 2.52. The third-order valence-corrected chi connectivity index (χ3v) is 16.5. The Balaban J connectivity index is 1.01. The predicted molar refractivity (Wildman–Crippen MR) is 303 cm³/mol. The number of hydrogen-bond acceptors (Lipinski definition) is 1. The van der Waals surface area contributed by atoms with Crippen molar-refractivity contribution >= 4 is 72.8 Å². The summed E-state index contributed by atoms with van der Waals surface area (Å²) in [7, 11) is 0. The minimum atomic E-state index is -0.0875. The maximum atomic E-state index is 2.55. The lowest BCUT2D eigenvalue weighted by Gasteiger charge is -2.31. The van der Waals surface area contributed by atoms with Crippen LogP contribution in [-0.4, -0.2) is 4.57 Å². The van der Waals surface area contributed by atoms with Gasteiger partial charge in [-0.2, -0.15) is 0 Å². The van der Waals surface area contributed by atoms with Crippen molar-refractivity contribution in [1.82, 2.24) is 4.57 Å². The molecule has 342 valence electrons. The summed E-state index contributed by atoms with van der Waals surface area (Å²) in [5, 5.41) is 11.7. The number of nitrogens with zero attached hydrogens (tertiary/aromatic N) is 2. The van der Waals surface area contributed by atoms with E-state index in [9.17, 15) is 0 Å². The van der Waals surface area contributed by atoms with Gasteiger partial charge in [-0.25, -0.2) is 0 Å². The standard InChI is InChI=1S/C69H56N2/c1-43-33-39-55-59(41-43)65(45-34-40-50-49-22-14-16-30-60(49)69(3,4)61(50)42-45)51-23-8-9-24-52(51)66(55)67-53-25-10-12-27-56(53)68(57-28-13-11-26-54(57)67)70(46-20-6-5-7-21-46)47-35-37-48(38-36-47)71-62-31-17-15-29-58(62)64-44(2)19-18-32-63(64)71/h6,10-18,20-42,44H,5,7-9,19H2,1-4H3. The van der Waals surface area contributed by atoms with Gasteiger partial charge in [0.2, 0.25) is 0 Å². The average molecular weight is 913 g/mol. The fourth-order valence-electron chi connectivity index (χ4n) is 13.2. The number of rotatable bonds is 6. The minimum Gasteiger partial charge on any atom is -0.310 e. The van der Waals surface area contributed by atoms with Gasteiger partial charge in [0, 0.05) is 44.3 Å². The maximum Gasteiger partial charge on any atom is 0.0618 e. The second kappa shape index (κ2) is 16.1. The van der Waals surface area contributed by atoms with Crippen molar-refractivity contribution in [2.75, 3.05) is 4.90 Å². The van der Waals surface area contributed by atoms with Crippen molar-refractivity contribution in [1.29, 1.82) is 0 Å². The van der Waals surface area contributed by atoms with Gasteiger partial charge in [-0.05, 0) is 176 Å². The van der Waals surface area contributed by atoms with E-state index in [2.05, 4.69) is 237 Å². The number of aromatic nitrogens is 1. The Labute approximate surface area is 416 Å². The van der Waals surface area contributed by atoms with E-state index >= 15 is 0 Å². The van der Waals surface area contributed by atoms with E-state index in [1.165, 1.54) is 132 Å². The highest BCUT2D eigenvalue weighted by atomic mass is 15.2. The molecule has 4 aliphatic carbocycles. The number of hydrogen-bond donors (Lipinski definition) is 0. The molecule has 1 unspecified atom stereocenters. The van der Waals surface area contributed by atoms with Gasteiger partial charge in [-0.15, -0.1) is 0 Å². The molecule has 2 heteroatoms. The molecule has 0 spiro atoms. The molecule has 9 aromatic carbocycles. The molecule has 0 radical (unpaired) electrons. The fourth-order valence-corrected chi connectivity index (χ4v) is 13.2. The van der Waals surface area contributed by atoms with Gasteiger partial charge in [0.25, 0.3) is 0 Å². The van der Waals surface area contributed by atoms with Crippen LogP contribution in [0.15, 0.2) is 188 Å². The summed E-state index contributed by atoms with van der Waals surface area (Å²) in [6.07, 6.45) is 22.0. The Morgan fingerprint density at radius 1 is 0.521 bits per heavy atom. The average Bonchev–Trinajstić information content (AvgIpc) is 3.87. The van der Waals surface area contributed by atoms with Gasteiger partial charge in [0.15, 0.2) is 0 Å². The number of allylic oxidation sites excluding steroid dienone is 4. The summed E-state index contributed by atoms with van der Waals surface area (Å²) >= 11 is 0. The van der Waals surface area contributed by atoms with Crippen LogP contribution in [0.25, 0.3) is 101 Å². The van der Waals surface area contributed by atoms with Crippen molar-refractivity contribution in [3.8, 4) is 39.1 Å². The highest BCUT2D eigenvalue weighted by molar-refractivity contribution is 6.25. The molecule has 0 N–H and O–H groups in total. The molecule has 1 aromatic heterocycles. The smallest absolute Gasteiger partial charge is 0.0618 e. The van der Waals surface area contributed by atoms with E-state index in [1.807, 2.05) is 0 Å². The van der Waals surface area contributed by atoms with Crippen LogP contribution in [0, 0.1) is 6.92 Å². The van der Waals surface area contributed by atoms with Crippen molar-refractivity contribution in [2.45, 2.75) is 71.1 Å². The molecular weight excluding hydrogens is 857 g/mol. The van der Waals surface area contributed by atoms with Gasteiger partial charge in [0.05, 0.1) is 11.2 Å². The van der Waals surface area contributed by atoms with Gasteiger partial charge >= 0.3 is 0 Å². The van der Waals surface area contributed by atoms with Gasteiger partial charge < -0.3 is 9.47 Å². The van der Waals surface area contributed by atoms with Gasteiger partial charge in [0.1, 0.15) is 0 Å². The second-order valence-electron chi connectivity index (χ2n) is 21.0. The van der Waals surface area contributed by atoms with E-state index < -0.39 is 0 Å². The normalized spacial score (nSPS) is 16.3. The summed E-state index contributed by atoms with van der Waals surface area (Å²) in [4.78, 5) is 2.55. The van der Waals surface area contributed by atoms with Crippen LogP contribution in [0.3, 0.4) is 0 Å². The molecule has 1 heterocycles. The molecule has 1 atom stereocenters. The van der Waals surface area contributed by atoms with Crippen molar-refractivity contribution < 1.29 is 0 Å². The summed E-state index contributed by atoms with van der Waals surface area (Å²) in [5.41, 5.74) is 20.8. The number of benzene rings is 9. The summed E-state index contributed by atoms with van der Waals surface area (Å²) in [5.74, 6) is 0.475. The molecular formula is C69H56N2. The molecule has 0 fully saturated rings. The Morgan fingerprint density at radius 3 is 1.92 bits per heavy atom. The Hall–Kier alpha value is -7.94. The first-order chi connectivity index (χ1) is 34.8. The molecule has 0 aliphatic heterocycles. The van der Waals surface area contributed by atoms with Crippen LogP contribution in [0.2, 0.25) is 0 Å². The predicted octanol–water partition coefficient (Wildman–Crippen LogP) is 17.3. The molecule has 4 aliphatic rings. The largest absolute Gasteiger partial charge is 0.310 e. The van der Waals surface area contributed by atoms with Crippen LogP contribution in [-0.2, 0) is 5.41 Å². The topological polar surface area (TPSA) is 8.17 Å².